The van der Waals surface area contributed by atoms with E-state index in [9.17, 15) is 14.7 Å². The molecular weight excluding hydrogens is 244 g/mol. The number of Topliss-reactive ketones (excluding diaryl/α,β-unsaturated/α-hetero) is 1. The van der Waals surface area contributed by atoms with Crippen LogP contribution >= 0.6 is 0 Å². The maximum absolute atomic E-state index is 11.9. The first-order chi connectivity index (χ1) is 8.83. The van der Waals surface area contributed by atoms with Gasteiger partial charge < -0.3 is 9.84 Å². The summed E-state index contributed by atoms with van der Waals surface area (Å²) < 4.78 is 5.17. The van der Waals surface area contributed by atoms with Crippen LogP contribution in [0.5, 0.6) is 0 Å². The average molecular weight is 262 g/mol. The maximum atomic E-state index is 11.9. The van der Waals surface area contributed by atoms with Crippen molar-refractivity contribution >= 4 is 11.8 Å². The Kier molecular flexibility index (Phi) is 2.52. The lowest BCUT2D eigenvalue weighted by molar-refractivity contribution is -0.196. The van der Waals surface area contributed by atoms with Crippen LogP contribution in [0.2, 0.25) is 0 Å². The summed E-state index contributed by atoms with van der Waals surface area (Å²) in [5.74, 6) is -1.48. The van der Waals surface area contributed by atoms with Gasteiger partial charge in [0.05, 0.1) is 0 Å². The summed E-state index contributed by atoms with van der Waals surface area (Å²) in [6.45, 7) is 5.50. The summed E-state index contributed by atoms with van der Waals surface area (Å²) in [6.07, 6.45) is 2.78. The molecule has 0 aromatic rings. The third-order valence-corrected chi connectivity index (χ3v) is 4.81. The van der Waals surface area contributed by atoms with Gasteiger partial charge in [0.25, 0.3) is 0 Å². The van der Waals surface area contributed by atoms with E-state index in [2.05, 4.69) is 0 Å². The average Bonchev–Trinajstić information content (AvgIpc) is 2.53. The molecule has 0 radical (unpaired) electrons. The normalized spacial score (nSPS) is 41.7. The molecule has 2 aliphatic carbocycles. The molecule has 3 rings (SSSR count). The number of carbonyl (C=O) groups excluding carboxylic acids is 2. The fourth-order valence-corrected chi connectivity index (χ4v) is 3.78. The molecule has 1 aliphatic heterocycles. The SMILES string of the molecule is CC1=CC2C3=C(C)C(=O)OC3(O)CC(C)C2CC1=O. The van der Waals surface area contributed by atoms with Crippen molar-refractivity contribution in [3.63, 3.8) is 0 Å². The maximum Gasteiger partial charge on any atom is 0.336 e. The third-order valence-electron chi connectivity index (χ3n) is 4.81. The lowest BCUT2D eigenvalue weighted by Crippen LogP contribution is -2.47. The molecule has 4 nitrogen and oxygen atoms in total. The minimum Gasteiger partial charge on any atom is -0.426 e. The quantitative estimate of drug-likeness (QED) is 0.675. The van der Waals surface area contributed by atoms with Crippen LogP contribution in [0.15, 0.2) is 22.8 Å². The molecule has 102 valence electrons. The molecule has 0 aromatic carbocycles. The standard InChI is InChI=1S/C15H18O4/c1-7-4-11-10(5-12(7)16)8(2)6-15(18)13(11)9(3)14(17)19-15/h4,8,10-11,18H,5-6H2,1-3H3. The summed E-state index contributed by atoms with van der Waals surface area (Å²) in [5, 5.41) is 10.6. The zero-order chi connectivity index (χ0) is 13.9. The Hall–Kier alpha value is -1.42. The van der Waals surface area contributed by atoms with Crippen molar-refractivity contribution in [2.24, 2.45) is 17.8 Å². The molecule has 1 fully saturated rings. The molecule has 0 aromatic heterocycles. The second kappa shape index (κ2) is 3.79. The number of rotatable bonds is 0. The highest BCUT2D eigenvalue weighted by Crippen LogP contribution is 2.52. The fourth-order valence-electron chi connectivity index (χ4n) is 3.78. The van der Waals surface area contributed by atoms with Crippen LogP contribution in [0.1, 0.15) is 33.6 Å². The van der Waals surface area contributed by atoms with Gasteiger partial charge in [0.1, 0.15) is 0 Å². The lowest BCUT2D eigenvalue weighted by atomic mass is 9.62. The van der Waals surface area contributed by atoms with Crippen LogP contribution < -0.4 is 0 Å². The Morgan fingerprint density at radius 3 is 2.74 bits per heavy atom. The van der Waals surface area contributed by atoms with E-state index in [-0.39, 0.29) is 23.5 Å². The van der Waals surface area contributed by atoms with Crippen molar-refractivity contribution in [1.82, 2.24) is 0 Å². The predicted molar refractivity (Wildman–Crippen MR) is 67.9 cm³/mol. The second-order valence-corrected chi connectivity index (χ2v) is 6.06. The zero-order valence-electron chi connectivity index (χ0n) is 11.4. The van der Waals surface area contributed by atoms with E-state index in [1.807, 2.05) is 13.0 Å². The van der Waals surface area contributed by atoms with Crippen LogP contribution in [0.4, 0.5) is 0 Å². The summed E-state index contributed by atoms with van der Waals surface area (Å²) in [5.41, 5.74) is 1.90. The minimum absolute atomic E-state index is 0.0575. The van der Waals surface area contributed by atoms with Crippen LogP contribution in [0.25, 0.3) is 0 Å². The zero-order valence-corrected chi connectivity index (χ0v) is 11.4. The van der Waals surface area contributed by atoms with E-state index < -0.39 is 11.8 Å². The molecule has 4 unspecified atom stereocenters. The first kappa shape index (κ1) is 12.6. The number of aliphatic hydroxyl groups is 1. The van der Waals surface area contributed by atoms with Crippen LogP contribution in [0, 0.1) is 17.8 Å². The van der Waals surface area contributed by atoms with Crippen LogP contribution in [0.3, 0.4) is 0 Å². The van der Waals surface area contributed by atoms with Gasteiger partial charge in [-0.1, -0.05) is 13.0 Å². The number of hydrogen-bond acceptors (Lipinski definition) is 4. The van der Waals surface area contributed by atoms with E-state index in [1.54, 1.807) is 13.8 Å². The molecular formula is C15H18O4. The molecule has 0 spiro atoms. The van der Waals surface area contributed by atoms with Crippen molar-refractivity contribution < 1.29 is 19.4 Å². The van der Waals surface area contributed by atoms with Gasteiger partial charge >= 0.3 is 5.97 Å². The highest BCUT2D eigenvalue weighted by Gasteiger charge is 2.55. The van der Waals surface area contributed by atoms with Gasteiger partial charge in [-0.25, -0.2) is 4.79 Å². The molecule has 0 bridgehead atoms. The van der Waals surface area contributed by atoms with E-state index >= 15 is 0 Å². The second-order valence-electron chi connectivity index (χ2n) is 6.06. The number of carbonyl (C=O) groups is 2. The number of hydrogen-bond donors (Lipinski definition) is 1. The third kappa shape index (κ3) is 1.62. The highest BCUT2D eigenvalue weighted by atomic mass is 16.7. The van der Waals surface area contributed by atoms with Gasteiger partial charge in [0.2, 0.25) is 5.79 Å². The van der Waals surface area contributed by atoms with E-state index in [0.717, 1.165) is 5.57 Å². The minimum atomic E-state index is -1.46. The summed E-state index contributed by atoms with van der Waals surface area (Å²) in [4.78, 5) is 23.6. The van der Waals surface area contributed by atoms with E-state index in [1.165, 1.54) is 0 Å². The smallest absolute Gasteiger partial charge is 0.336 e. The lowest BCUT2D eigenvalue weighted by Gasteiger charge is -2.44. The topological polar surface area (TPSA) is 63.6 Å². The van der Waals surface area contributed by atoms with Crippen LogP contribution in [-0.2, 0) is 14.3 Å². The van der Waals surface area contributed by atoms with Gasteiger partial charge in [0, 0.05) is 29.9 Å². The number of ketones is 1. The van der Waals surface area contributed by atoms with E-state index in [0.29, 0.717) is 24.0 Å². The Labute approximate surface area is 112 Å². The van der Waals surface area contributed by atoms with E-state index in [4.69, 9.17) is 4.74 Å². The number of ether oxygens (including phenoxy) is 1. The summed E-state index contributed by atoms with van der Waals surface area (Å²) in [7, 11) is 0. The summed E-state index contributed by atoms with van der Waals surface area (Å²) >= 11 is 0. The first-order valence-electron chi connectivity index (χ1n) is 6.72. The summed E-state index contributed by atoms with van der Waals surface area (Å²) in [6, 6.07) is 0. The van der Waals surface area contributed by atoms with Gasteiger partial charge in [-0.3, -0.25) is 4.79 Å². The van der Waals surface area contributed by atoms with Crippen molar-refractivity contribution in [2.75, 3.05) is 0 Å². The van der Waals surface area contributed by atoms with Gasteiger partial charge in [-0.2, -0.15) is 0 Å². The predicted octanol–water partition coefficient (Wildman–Crippen LogP) is 1.74. The monoisotopic (exact) mass is 262 g/mol. The molecule has 19 heavy (non-hydrogen) atoms. The van der Waals surface area contributed by atoms with Crippen molar-refractivity contribution in [2.45, 2.75) is 39.4 Å². The number of allylic oxidation sites excluding steroid dienone is 2. The Morgan fingerprint density at radius 1 is 1.37 bits per heavy atom. The molecule has 0 saturated heterocycles. The van der Waals surface area contributed by atoms with Crippen molar-refractivity contribution in [3.05, 3.63) is 22.8 Å². The molecule has 1 heterocycles. The molecule has 4 heteroatoms. The Balaban J connectivity index is 2.15. The van der Waals surface area contributed by atoms with Gasteiger partial charge in [0.15, 0.2) is 5.78 Å². The fraction of sp³-hybridized carbons (Fsp3) is 0.600. The van der Waals surface area contributed by atoms with Gasteiger partial charge in [-0.15, -0.1) is 0 Å². The largest absolute Gasteiger partial charge is 0.426 e. The highest BCUT2D eigenvalue weighted by molar-refractivity contribution is 5.97. The molecule has 1 saturated carbocycles. The molecule has 1 N–H and O–H groups in total. The molecule has 0 amide bonds. The first-order valence-corrected chi connectivity index (χ1v) is 6.72. The van der Waals surface area contributed by atoms with Crippen molar-refractivity contribution in [3.8, 4) is 0 Å². The Bertz CT molecular complexity index is 542. The van der Waals surface area contributed by atoms with Crippen LogP contribution in [-0.4, -0.2) is 22.6 Å². The molecule has 3 aliphatic rings. The van der Waals surface area contributed by atoms with Gasteiger partial charge in [-0.05, 0) is 31.3 Å². The molecule has 4 atom stereocenters. The Morgan fingerprint density at radius 2 is 2.05 bits per heavy atom. The van der Waals surface area contributed by atoms with Crippen molar-refractivity contribution in [1.29, 1.82) is 0 Å². The number of fused-ring (bicyclic) bond motifs is 3. The number of esters is 1.